The fraction of sp³-hybridized carbons (Fsp3) is 0.125. The van der Waals surface area contributed by atoms with E-state index in [0.29, 0.717) is 0 Å². The predicted molar refractivity (Wildman–Crippen MR) is 83.6 cm³/mol. The second-order valence-electron chi connectivity index (χ2n) is 4.91. The van der Waals surface area contributed by atoms with Crippen LogP contribution in [0.25, 0.3) is 0 Å². The minimum atomic E-state index is -3.73. The van der Waals surface area contributed by atoms with Crippen molar-refractivity contribution in [1.29, 1.82) is 0 Å². The van der Waals surface area contributed by atoms with Crippen molar-refractivity contribution >= 4 is 21.7 Å². The Morgan fingerprint density at radius 3 is 2.30 bits per heavy atom. The van der Waals surface area contributed by atoms with Gasteiger partial charge in [0.1, 0.15) is 6.61 Å². The Morgan fingerprint density at radius 2 is 1.74 bits per heavy atom. The van der Waals surface area contributed by atoms with Crippen molar-refractivity contribution in [2.24, 2.45) is 5.73 Å². The molecule has 1 amide bonds. The largest absolute Gasteiger partial charge is 0.457 e. The van der Waals surface area contributed by atoms with Gasteiger partial charge in [-0.05, 0) is 23.8 Å². The smallest absolute Gasteiger partial charge is 0.339 e. The molecule has 23 heavy (non-hydrogen) atoms. The number of carbonyl (C=O) groups excluding carboxylic acids is 2. The van der Waals surface area contributed by atoms with E-state index >= 15 is 0 Å². The van der Waals surface area contributed by atoms with Gasteiger partial charge in [0.25, 0.3) is 0 Å². The van der Waals surface area contributed by atoms with Crippen molar-refractivity contribution in [1.82, 2.24) is 0 Å². The summed E-state index contributed by atoms with van der Waals surface area (Å²) < 4.78 is 28.8. The lowest BCUT2D eigenvalue weighted by molar-refractivity contribution is 0.0468. The molecule has 0 heterocycles. The van der Waals surface area contributed by atoms with E-state index in [9.17, 15) is 18.0 Å². The van der Waals surface area contributed by atoms with Crippen LogP contribution in [0.1, 0.15) is 26.3 Å². The van der Waals surface area contributed by atoms with Crippen LogP contribution in [0.5, 0.6) is 0 Å². The maximum Gasteiger partial charge on any atom is 0.339 e. The molecular formula is C16H15NO5S. The summed E-state index contributed by atoms with van der Waals surface area (Å²) in [6.07, 6.45) is 0.946. The topological polar surface area (TPSA) is 104 Å². The molecule has 0 aromatic heterocycles. The van der Waals surface area contributed by atoms with Crippen molar-refractivity contribution in [2.45, 2.75) is 11.5 Å². The number of benzene rings is 2. The molecular weight excluding hydrogens is 318 g/mol. The van der Waals surface area contributed by atoms with E-state index in [-0.39, 0.29) is 22.6 Å². The van der Waals surface area contributed by atoms with Gasteiger partial charge in [0.05, 0.1) is 10.5 Å². The highest BCUT2D eigenvalue weighted by atomic mass is 32.2. The number of nitrogens with two attached hydrogens (primary N) is 1. The molecule has 0 bridgehead atoms. The highest BCUT2D eigenvalue weighted by molar-refractivity contribution is 7.90. The van der Waals surface area contributed by atoms with E-state index in [1.807, 2.05) is 6.07 Å². The second kappa shape index (κ2) is 6.62. The number of sulfone groups is 1. The molecule has 6 nitrogen and oxygen atoms in total. The summed E-state index contributed by atoms with van der Waals surface area (Å²) >= 11 is 0. The molecule has 0 aliphatic rings. The number of primary amides is 1. The van der Waals surface area contributed by atoms with Crippen LogP contribution >= 0.6 is 0 Å². The maximum atomic E-state index is 12.2. The Bertz CT molecular complexity index is 844. The summed E-state index contributed by atoms with van der Waals surface area (Å²) in [5.74, 6) is -1.57. The van der Waals surface area contributed by atoms with E-state index in [4.69, 9.17) is 10.5 Å². The van der Waals surface area contributed by atoms with Crippen LogP contribution in [0, 0.1) is 0 Å². The number of amides is 1. The van der Waals surface area contributed by atoms with E-state index in [2.05, 4.69) is 0 Å². The molecule has 0 fully saturated rings. The summed E-state index contributed by atoms with van der Waals surface area (Å²) in [5, 5.41) is 0. The van der Waals surface area contributed by atoms with Gasteiger partial charge in [0.2, 0.25) is 5.91 Å². The van der Waals surface area contributed by atoms with Crippen LogP contribution in [0.2, 0.25) is 0 Å². The van der Waals surface area contributed by atoms with E-state index in [0.717, 1.165) is 17.9 Å². The van der Waals surface area contributed by atoms with Crippen molar-refractivity contribution in [3.8, 4) is 0 Å². The Kier molecular flexibility index (Phi) is 4.80. The molecule has 0 unspecified atom stereocenters. The lowest BCUT2D eigenvalue weighted by Gasteiger charge is -2.10. The number of rotatable bonds is 5. The molecule has 0 aliphatic heterocycles. The molecule has 0 atom stereocenters. The van der Waals surface area contributed by atoms with Gasteiger partial charge in [0.15, 0.2) is 9.84 Å². The number of esters is 1. The SMILES string of the molecule is CS(=O)(=O)c1cc(C(N)=O)ccc1C(=O)OCc1ccccc1. The summed E-state index contributed by atoms with van der Waals surface area (Å²) in [7, 11) is -3.73. The Labute approximate surface area is 133 Å². The van der Waals surface area contributed by atoms with Crippen LogP contribution < -0.4 is 5.73 Å². The molecule has 0 saturated heterocycles. The number of carbonyl (C=O) groups is 2. The zero-order chi connectivity index (χ0) is 17.0. The highest BCUT2D eigenvalue weighted by Gasteiger charge is 2.21. The fourth-order valence-electron chi connectivity index (χ4n) is 1.95. The monoisotopic (exact) mass is 333 g/mol. The third-order valence-corrected chi connectivity index (χ3v) is 4.23. The van der Waals surface area contributed by atoms with Crippen molar-refractivity contribution in [3.63, 3.8) is 0 Å². The van der Waals surface area contributed by atoms with Crippen LogP contribution in [-0.2, 0) is 21.2 Å². The lowest BCUT2D eigenvalue weighted by Crippen LogP contribution is -2.15. The summed E-state index contributed by atoms with van der Waals surface area (Å²) in [4.78, 5) is 23.1. The Morgan fingerprint density at radius 1 is 1.09 bits per heavy atom. The minimum absolute atomic E-state index is 0.00466. The van der Waals surface area contributed by atoms with E-state index in [1.165, 1.54) is 12.1 Å². The lowest BCUT2D eigenvalue weighted by atomic mass is 10.1. The minimum Gasteiger partial charge on any atom is -0.457 e. The second-order valence-corrected chi connectivity index (χ2v) is 6.89. The number of hydrogen-bond donors (Lipinski definition) is 1. The van der Waals surface area contributed by atoms with Crippen LogP contribution in [0.15, 0.2) is 53.4 Å². The first-order chi connectivity index (χ1) is 10.8. The Balaban J connectivity index is 2.31. The van der Waals surface area contributed by atoms with Crippen molar-refractivity contribution < 1.29 is 22.7 Å². The third kappa shape index (κ3) is 4.17. The first kappa shape index (κ1) is 16.7. The number of ether oxygens (including phenoxy) is 1. The van der Waals surface area contributed by atoms with E-state index in [1.54, 1.807) is 24.3 Å². The average Bonchev–Trinajstić information content (AvgIpc) is 2.52. The zero-order valence-corrected chi connectivity index (χ0v) is 13.2. The van der Waals surface area contributed by atoms with Crippen molar-refractivity contribution in [2.75, 3.05) is 6.26 Å². The maximum absolute atomic E-state index is 12.2. The summed E-state index contributed by atoms with van der Waals surface area (Å²) in [6.45, 7) is 0.0143. The van der Waals surface area contributed by atoms with Gasteiger partial charge in [-0.3, -0.25) is 4.79 Å². The summed E-state index contributed by atoms with van der Waals surface area (Å²) in [5.41, 5.74) is 5.78. The van der Waals surface area contributed by atoms with Gasteiger partial charge in [-0.25, -0.2) is 13.2 Å². The Hall–Kier alpha value is -2.67. The molecule has 0 aliphatic carbocycles. The molecule has 120 valence electrons. The predicted octanol–water partition coefficient (Wildman–Crippen LogP) is 1.55. The molecule has 0 saturated carbocycles. The third-order valence-electron chi connectivity index (χ3n) is 3.10. The zero-order valence-electron chi connectivity index (χ0n) is 12.4. The molecule has 0 spiro atoms. The van der Waals surface area contributed by atoms with Gasteiger partial charge in [-0.1, -0.05) is 30.3 Å². The van der Waals surface area contributed by atoms with Gasteiger partial charge < -0.3 is 10.5 Å². The molecule has 2 rings (SSSR count). The summed E-state index contributed by atoms with van der Waals surface area (Å²) in [6, 6.07) is 12.6. The van der Waals surface area contributed by atoms with E-state index < -0.39 is 21.7 Å². The first-order valence-corrected chi connectivity index (χ1v) is 8.53. The van der Waals surface area contributed by atoms with Crippen LogP contribution in [-0.4, -0.2) is 26.6 Å². The van der Waals surface area contributed by atoms with Gasteiger partial charge in [-0.15, -0.1) is 0 Å². The van der Waals surface area contributed by atoms with Gasteiger partial charge in [0, 0.05) is 11.8 Å². The van der Waals surface area contributed by atoms with Crippen LogP contribution in [0.3, 0.4) is 0 Å². The first-order valence-electron chi connectivity index (χ1n) is 6.64. The standard InChI is InChI=1S/C16H15NO5S/c1-23(20,21)14-9-12(15(17)18)7-8-13(14)16(19)22-10-11-5-3-2-4-6-11/h2-9H,10H2,1H3,(H2,17,18). The molecule has 7 heteroatoms. The van der Waals surface area contributed by atoms with Crippen LogP contribution in [0.4, 0.5) is 0 Å². The molecule has 2 N–H and O–H groups in total. The average molecular weight is 333 g/mol. The highest BCUT2D eigenvalue weighted by Crippen LogP contribution is 2.19. The molecule has 0 radical (unpaired) electrons. The normalized spacial score (nSPS) is 11.0. The fourth-order valence-corrected chi connectivity index (χ4v) is 2.84. The van der Waals surface area contributed by atoms with Gasteiger partial charge in [-0.2, -0.15) is 0 Å². The number of hydrogen-bond acceptors (Lipinski definition) is 5. The van der Waals surface area contributed by atoms with Gasteiger partial charge >= 0.3 is 5.97 Å². The molecule has 2 aromatic carbocycles. The quantitative estimate of drug-likeness (QED) is 0.836. The van der Waals surface area contributed by atoms with Crippen molar-refractivity contribution in [3.05, 3.63) is 65.2 Å². The molecule has 2 aromatic rings.